The molecule has 1 N–H and O–H groups in total. The quantitative estimate of drug-likeness (QED) is 0.733. The molecule has 0 amide bonds. The van der Waals surface area contributed by atoms with Gasteiger partial charge in [0.2, 0.25) is 0 Å². The molecular formula is C11H16N4O4. The molecule has 0 bridgehead atoms. The van der Waals surface area contributed by atoms with Gasteiger partial charge < -0.3 is 14.5 Å². The lowest BCUT2D eigenvalue weighted by Gasteiger charge is -2.14. The zero-order valence-corrected chi connectivity index (χ0v) is 11.0. The van der Waals surface area contributed by atoms with Crippen LogP contribution in [0.3, 0.4) is 0 Å². The second kappa shape index (κ2) is 5.37. The Hall–Kier alpha value is -1.93. The van der Waals surface area contributed by atoms with Gasteiger partial charge in [-0.3, -0.25) is 13.9 Å². The van der Waals surface area contributed by atoms with E-state index in [4.69, 9.17) is 9.47 Å². The molecule has 2 rings (SSSR count). The van der Waals surface area contributed by atoms with Gasteiger partial charge in [0.1, 0.15) is 5.52 Å². The Morgan fingerprint density at radius 3 is 2.68 bits per heavy atom. The van der Waals surface area contributed by atoms with E-state index in [1.54, 1.807) is 7.05 Å². The molecule has 2 aromatic rings. The number of aryl methyl sites for hydroxylation is 1. The van der Waals surface area contributed by atoms with Crippen LogP contribution in [-0.4, -0.2) is 39.6 Å². The maximum absolute atomic E-state index is 12.1. The number of rotatable bonds is 5. The van der Waals surface area contributed by atoms with Gasteiger partial charge in [-0.2, -0.15) is 0 Å². The SMILES string of the molecule is COC(CCn1c(=O)c2[nH]cnc2n(C)c1=O)OC. The molecule has 104 valence electrons. The first-order valence-electron chi connectivity index (χ1n) is 5.78. The Morgan fingerprint density at radius 2 is 2.05 bits per heavy atom. The number of H-pyrrole nitrogens is 1. The van der Waals surface area contributed by atoms with Gasteiger partial charge in [0.15, 0.2) is 11.9 Å². The van der Waals surface area contributed by atoms with Gasteiger partial charge in [-0.1, -0.05) is 0 Å². The maximum Gasteiger partial charge on any atom is 0.332 e. The Balaban J connectivity index is 2.43. The number of hydrogen-bond acceptors (Lipinski definition) is 5. The maximum atomic E-state index is 12.1. The third-order valence-electron chi connectivity index (χ3n) is 3.03. The summed E-state index contributed by atoms with van der Waals surface area (Å²) in [6.45, 7) is 0.215. The van der Waals surface area contributed by atoms with E-state index in [0.29, 0.717) is 17.6 Å². The minimum absolute atomic E-state index is 0.215. The molecule has 0 radical (unpaired) electrons. The molecule has 0 unspecified atom stereocenters. The van der Waals surface area contributed by atoms with Gasteiger partial charge in [-0.05, 0) is 0 Å². The van der Waals surface area contributed by atoms with Gasteiger partial charge in [0.25, 0.3) is 5.56 Å². The van der Waals surface area contributed by atoms with E-state index in [0.717, 1.165) is 4.57 Å². The molecular weight excluding hydrogens is 252 g/mol. The van der Waals surface area contributed by atoms with Crippen LogP contribution in [0, 0.1) is 0 Å². The minimum Gasteiger partial charge on any atom is -0.356 e. The molecule has 0 aromatic carbocycles. The fourth-order valence-corrected chi connectivity index (χ4v) is 1.96. The van der Waals surface area contributed by atoms with E-state index in [9.17, 15) is 9.59 Å². The van der Waals surface area contributed by atoms with Gasteiger partial charge >= 0.3 is 5.69 Å². The smallest absolute Gasteiger partial charge is 0.332 e. The van der Waals surface area contributed by atoms with Crippen molar-refractivity contribution in [3.63, 3.8) is 0 Å². The summed E-state index contributed by atoms with van der Waals surface area (Å²) in [5.41, 5.74) is -0.133. The van der Waals surface area contributed by atoms with Crippen molar-refractivity contribution in [2.24, 2.45) is 7.05 Å². The van der Waals surface area contributed by atoms with Crippen molar-refractivity contribution in [2.45, 2.75) is 19.3 Å². The molecule has 0 aliphatic rings. The number of methoxy groups -OCH3 is 2. The van der Waals surface area contributed by atoms with Crippen molar-refractivity contribution < 1.29 is 9.47 Å². The standard InChI is InChI=1S/C11H16N4O4/c1-14-9-8(12-6-13-9)10(16)15(11(14)17)5-4-7(18-2)19-3/h6-7H,4-5H2,1-3H3,(H,12,13). The fraction of sp³-hybridized carbons (Fsp3) is 0.545. The van der Waals surface area contributed by atoms with E-state index in [-0.39, 0.29) is 12.1 Å². The first kappa shape index (κ1) is 13.5. The van der Waals surface area contributed by atoms with Crippen molar-refractivity contribution in [2.75, 3.05) is 14.2 Å². The highest BCUT2D eigenvalue weighted by Gasteiger charge is 2.14. The summed E-state index contributed by atoms with van der Waals surface area (Å²) in [5.74, 6) is 0. The van der Waals surface area contributed by atoms with E-state index >= 15 is 0 Å². The van der Waals surface area contributed by atoms with Crippen LogP contribution in [0.1, 0.15) is 6.42 Å². The first-order chi connectivity index (χ1) is 9.10. The zero-order valence-electron chi connectivity index (χ0n) is 11.0. The third-order valence-corrected chi connectivity index (χ3v) is 3.03. The van der Waals surface area contributed by atoms with Gasteiger partial charge in [-0.25, -0.2) is 9.78 Å². The van der Waals surface area contributed by atoms with E-state index in [1.807, 2.05) is 0 Å². The average molecular weight is 268 g/mol. The number of imidazole rings is 1. The Labute approximate surface area is 108 Å². The summed E-state index contributed by atoms with van der Waals surface area (Å²) in [7, 11) is 4.59. The number of ether oxygens (including phenoxy) is 2. The highest BCUT2D eigenvalue weighted by molar-refractivity contribution is 5.68. The van der Waals surface area contributed by atoms with Gasteiger partial charge in [-0.15, -0.1) is 0 Å². The molecule has 0 spiro atoms. The monoisotopic (exact) mass is 268 g/mol. The molecule has 0 aliphatic heterocycles. The van der Waals surface area contributed by atoms with Crippen molar-refractivity contribution >= 4 is 11.2 Å². The molecule has 0 saturated carbocycles. The summed E-state index contributed by atoms with van der Waals surface area (Å²) in [6.07, 6.45) is 1.35. The summed E-state index contributed by atoms with van der Waals surface area (Å²) in [4.78, 5) is 30.9. The number of hydrogen-bond donors (Lipinski definition) is 1. The predicted octanol–water partition coefficient (Wildman–Crippen LogP) is -0.568. The van der Waals surface area contributed by atoms with Crippen LogP contribution in [0.25, 0.3) is 11.2 Å². The van der Waals surface area contributed by atoms with Crippen LogP contribution in [0.2, 0.25) is 0 Å². The minimum atomic E-state index is -0.450. The Kier molecular flexibility index (Phi) is 3.82. The average Bonchev–Trinajstić information content (AvgIpc) is 2.90. The molecule has 0 fully saturated rings. The van der Waals surface area contributed by atoms with Crippen molar-refractivity contribution in [3.05, 3.63) is 27.2 Å². The van der Waals surface area contributed by atoms with Crippen LogP contribution in [0.5, 0.6) is 0 Å². The lowest BCUT2D eigenvalue weighted by Crippen LogP contribution is -2.40. The molecule has 8 heteroatoms. The number of nitrogens with one attached hydrogen (secondary N) is 1. The summed E-state index contributed by atoms with van der Waals surface area (Å²) >= 11 is 0. The Bertz CT molecular complexity index is 680. The summed E-state index contributed by atoms with van der Waals surface area (Å²) in [5, 5.41) is 0. The van der Waals surface area contributed by atoms with Crippen LogP contribution in [-0.2, 0) is 23.1 Å². The third kappa shape index (κ3) is 2.32. The van der Waals surface area contributed by atoms with Gasteiger partial charge in [0.05, 0.1) is 6.33 Å². The number of nitrogens with zero attached hydrogens (tertiary/aromatic N) is 3. The number of fused-ring (bicyclic) bond motifs is 1. The lowest BCUT2D eigenvalue weighted by atomic mass is 10.4. The fourth-order valence-electron chi connectivity index (χ4n) is 1.96. The first-order valence-corrected chi connectivity index (χ1v) is 5.78. The molecule has 0 saturated heterocycles. The summed E-state index contributed by atoms with van der Waals surface area (Å²) in [6, 6.07) is 0. The Morgan fingerprint density at radius 1 is 1.37 bits per heavy atom. The number of aromatic nitrogens is 4. The molecule has 2 aromatic heterocycles. The van der Waals surface area contributed by atoms with Crippen LogP contribution >= 0.6 is 0 Å². The second-order valence-corrected chi connectivity index (χ2v) is 4.09. The van der Waals surface area contributed by atoms with Crippen LogP contribution in [0.4, 0.5) is 0 Å². The van der Waals surface area contributed by atoms with Crippen LogP contribution < -0.4 is 11.2 Å². The zero-order chi connectivity index (χ0) is 14.0. The number of aromatic amines is 1. The lowest BCUT2D eigenvalue weighted by molar-refractivity contribution is -0.108. The van der Waals surface area contributed by atoms with Crippen molar-refractivity contribution in [1.29, 1.82) is 0 Å². The van der Waals surface area contributed by atoms with E-state index in [2.05, 4.69) is 9.97 Å². The van der Waals surface area contributed by atoms with Crippen molar-refractivity contribution in [3.8, 4) is 0 Å². The molecule has 2 heterocycles. The second-order valence-electron chi connectivity index (χ2n) is 4.09. The van der Waals surface area contributed by atoms with Crippen LogP contribution in [0.15, 0.2) is 15.9 Å². The largest absolute Gasteiger partial charge is 0.356 e. The molecule has 0 atom stereocenters. The molecule has 19 heavy (non-hydrogen) atoms. The molecule has 8 nitrogen and oxygen atoms in total. The van der Waals surface area contributed by atoms with E-state index in [1.165, 1.54) is 25.1 Å². The molecule has 0 aliphatic carbocycles. The predicted molar refractivity (Wildman–Crippen MR) is 68.0 cm³/mol. The highest BCUT2D eigenvalue weighted by atomic mass is 16.7. The van der Waals surface area contributed by atoms with E-state index < -0.39 is 12.0 Å². The van der Waals surface area contributed by atoms with Gasteiger partial charge in [0, 0.05) is 34.2 Å². The van der Waals surface area contributed by atoms with Crippen molar-refractivity contribution in [1.82, 2.24) is 19.1 Å². The summed E-state index contributed by atoms with van der Waals surface area (Å²) < 4.78 is 12.6. The topological polar surface area (TPSA) is 91.1 Å². The highest BCUT2D eigenvalue weighted by Crippen LogP contribution is 2.01. The normalized spacial score (nSPS) is 11.6.